The average molecular weight is 1010 g/mol. The number of ether oxygens (including phenoxy) is 3. The predicted molar refractivity (Wildman–Crippen MR) is 316 cm³/mol. The molecule has 0 aliphatic carbocycles. The van der Waals surface area contributed by atoms with Gasteiger partial charge < -0.3 is 14.2 Å². The molecule has 0 amide bonds. The summed E-state index contributed by atoms with van der Waals surface area (Å²) in [6.07, 6.45) is 82.2. The zero-order valence-corrected chi connectivity index (χ0v) is 47.6. The summed E-state index contributed by atoms with van der Waals surface area (Å²) in [4.78, 5) is 38.2. The Balaban J connectivity index is 4.37. The molecule has 0 spiro atoms. The Labute approximate surface area is 450 Å². The van der Waals surface area contributed by atoms with E-state index < -0.39 is 6.10 Å². The first-order valence-corrected chi connectivity index (χ1v) is 30.4. The van der Waals surface area contributed by atoms with E-state index in [4.69, 9.17) is 14.2 Å². The molecule has 0 aromatic heterocycles. The number of hydrogen-bond acceptors (Lipinski definition) is 6. The fraction of sp³-hybridized carbons (Fsp3) is 0.687. The van der Waals surface area contributed by atoms with Crippen LogP contribution < -0.4 is 0 Å². The normalized spacial score (nSPS) is 12.9. The molecule has 1 unspecified atom stereocenters. The number of allylic oxidation sites excluding steroid dienone is 18. The minimum absolute atomic E-state index is 0.0889. The lowest BCUT2D eigenvalue weighted by molar-refractivity contribution is -0.167. The fourth-order valence-corrected chi connectivity index (χ4v) is 8.20. The molecule has 0 aliphatic rings. The van der Waals surface area contributed by atoms with Gasteiger partial charge in [-0.2, -0.15) is 0 Å². The maximum absolute atomic E-state index is 12.9. The Kier molecular flexibility index (Phi) is 57.4. The summed E-state index contributed by atoms with van der Waals surface area (Å²) < 4.78 is 16.9. The highest BCUT2D eigenvalue weighted by molar-refractivity contribution is 5.71. The van der Waals surface area contributed by atoms with Crippen molar-refractivity contribution in [3.05, 3.63) is 109 Å². The molecule has 0 radical (unpaired) electrons. The highest BCUT2D eigenvalue weighted by Gasteiger charge is 2.19. The first-order valence-electron chi connectivity index (χ1n) is 30.4. The lowest BCUT2D eigenvalue weighted by Gasteiger charge is -2.18. The van der Waals surface area contributed by atoms with Gasteiger partial charge in [0.05, 0.1) is 0 Å². The molecule has 0 rings (SSSR count). The van der Waals surface area contributed by atoms with Gasteiger partial charge in [0.1, 0.15) is 13.2 Å². The van der Waals surface area contributed by atoms with Gasteiger partial charge in [-0.05, 0) is 103 Å². The molecule has 0 N–H and O–H groups in total. The van der Waals surface area contributed by atoms with Gasteiger partial charge in [-0.3, -0.25) is 14.4 Å². The van der Waals surface area contributed by atoms with Gasteiger partial charge in [-0.25, -0.2) is 0 Å². The van der Waals surface area contributed by atoms with Gasteiger partial charge in [0.2, 0.25) is 0 Å². The largest absolute Gasteiger partial charge is 0.462 e. The molecular weight excluding hydrogens is 901 g/mol. The number of unbranched alkanes of at least 4 members (excludes halogenated alkanes) is 25. The van der Waals surface area contributed by atoms with Crippen molar-refractivity contribution in [3.8, 4) is 0 Å². The zero-order valence-electron chi connectivity index (χ0n) is 47.6. The molecule has 416 valence electrons. The van der Waals surface area contributed by atoms with Gasteiger partial charge in [-0.1, -0.05) is 265 Å². The second-order valence-electron chi connectivity index (χ2n) is 19.9. The third-order valence-electron chi connectivity index (χ3n) is 12.8. The number of carbonyl (C=O) groups is 3. The summed E-state index contributed by atoms with van der Waals surface area (Å²) in [5, 5.41) is 0. The molecule has 0 fully saturated rings. The Morgan fingerprint density at radius 1 is 0.288 bits per heavy atom. The van der Waals surface area contributed by atoms with Gasteiger partial charge >= 0.3 is 17.9 Å². The molecule has 73 heavy (non-hydrogen) atoms. The van der Waals surface area contributed by atoms with Crippen LogP contribution in [0.3, 0.4) is 0 Å². The molecule has 0 aromatic rings. The van der Waals surface area contributed by atoms with Crippen LogP contribution in [0.2, 0.25) is 0 Å². The summed E-state index contributed by atoms with van der Waals surface area (Å²) >= 11 is 0. The van der Waals surface area contributed by atoms with Crippen molar-refractivity contribution >= 4 is 17.9 Å². The van der Waals surface area contributed by atoms with E-state index in [1.165, 1.54) is 89.9 Å². The second kappa shape index (κ2) is 60.6. The minimum atomic E-state index is -0.794. The van der Waals surface area contributed by atoms with Crippen molar-refractivity contribution in [2.45, 2.75) is 284 Å². The van der Waals surface area contributed by atoms with Crippen LogP contribution in [-0.4, -0.2) is 37.2 Å². The van der Waals surface area contributed by atoms with E-state index in [2.05, 4.69) is 130 Å². The van der Waals surface area contributed by atoms with Crippen molar-refractivity contribution in [1.82, 2.24) is 0 Å². The molecule has 0 saturated heterocycles. The lowest BCUT2D eigenvalue weighted by atomic mass is 10.0. The summed E-state index contributed by atoms with van der Waals surface area (Å²) in [7, 11) is 0. The van der Waals surface area contributed by atoms with E-state index in [0.29, 0.717) is 19.3 Å². The van der Waals surface area contributed by atoms with Crippen LogP contribution in [0.4, 0.5) is 0 Å². The van der Waals surface area contributed by atoms with Crippen LogP contribution in [0.1, 0.15) is 278 Å². The molecule has 1 atom stereocenters. The van der Waals surface area contributed by atoms with Crippen molar-refractivity contribution in [3.63, 3.8) is 0 Å². The van der Waals surface area contributed by atoms with Crippen molar-refractivity contribution in [2.24, 2.45) is 0 Å². The van der Waals surface area contributed by atoms with Gasteiger partial charge in [-0.15, -0.1) is 0 Å². The van der Waals surface area contributed by atoms with Crippen molar-refractivity contribution in [1.29, 1.82) is 0 Å². The SMILES string of the molecule is CC/C=C\C/C=C\C/C=C\C/C=C\C/C=C\C/C=C\C/C=C\CCCCCCCC(=O)OCC(COC(=O)CCCCCCCCCCCCCCCC)OC(=O)CCCCCCC/C=C\C/C=C\CCCC. The Morgan fingerprint density at radius 2 is 0.548 bits per heavy atom. The zero-order chi connectivity index (χ0) is 52.9. The predicted octanol–water partition coefficient (Wildman–Crippen LogP) is 20.7. The lowest BCUT2D eigenvalue weighted by Crippen LogP contribution is -2.30. The van der Waals surface area contributed by atoms with Crippen molar-refractivity contribution < 1.29 is 28.6 Å². The molecule has 0 saturated carbocycles. The molecule has 6 nitrogen and oxygen atoms in total. The summed E-state index contributed by atoms with van der Waals surface area (Å²) in [5.41, 5.74) is 0. The van der Waals surface area contributed by atoms with Crippen LogP contribution in [0.25, 0.3) is 0 Å². The highest BCUT2D eigenvalue weighted by Crippen LogP contribution is 2.15. The van der Waals surface area contributed by atoms with Crippen LogP contribution in [0.5, 0.6) is 0 Å². The van der Waals surface area contributed by atoms with Crippen molar-refractivity contribution in [2.75, 3.05) is 13.2 Å². The topological polar surface area (TPSA) is 78.9 Å². The monoisotopic (exact) mass is 1010 g/mol. The second-order valence-corrected chi connectivity index (χ2v) is 19.9. The number of rotatable bonds is 54. The van der Waals surface area contributed by atoms with Gasteiger partial charge in [0.25, 0.3) is 0 Å². The standard InChI is InChI=1S/C67H112O6/c1-4-7-10-13-16-19-22-25-28-29-30-31-32-33-34-35-36-37-38-39-40-43-45-48-51-54-57-60-66(69)72-63-64(73-67(70)61-58-55-52-49-46-42-27-24-21-18-15-12-9-6-3)62-71-65(68)59-56-53-50-47-44-41-26-23-20-17-14-11-8-5-2/h7,10,15-16,18-19,24-25,27-28,30-31,33-34,36-37,39-40,64H,4-6,8-9,11-14,17,20-23,26,29,32,35,38,41-63H2,1-3H3/b10-7-,18-15-,19-16-,27-24-,28-25-,31-30-,34-33-,37-36-,40-39-. The minimum Gasteiger partial charge on any atom is -0.462 e. The quantitative estimate of drug-likeness (QED) is 0.0261. The van der Waals surface area contributed by atoms with Crippen LogP contribution in [0, 0.1) is 0 Å². The summed E-state index contributed by atoms with van der Waals surface area (Å²) in [5.74, 6) is -0.919. The van der Waals surface area contributed by atoms with Crippen LogP contribution in [0.15, 0.2) is 109 Å². The first-order chi connectivity index (χ1) is 36.0. The number of esters is 3. The number of carbonyl (C=O) groups excluding carboxylic acids is 3. The summed E-state index contributed by atoms with van der Waals surface area (Å²) in [6, 6.07) is 0. The molecule has 0 heterocycles. The van der Waals surface area contributed by atoms with E-state index >= 15 is 0 Å². The Bertz CT molecular complexity index is 1490. The van der Waals surface area contributed by atoms with E-state index in [0.717, 1.165) is 148 Å². The number of hydrogen-bond donors (Lipinski definition) is 0. The van der Waals surface area contributed by atoms with Crippen LogP contribution in [-0.2, 0) is 28.6 Å². The summed E-state index contributed by atoms with van der Waals surface area (Å²) in [6.45, 7) is 6.47. The Morgan fingerprint density at radius 3 is 0.877 bits per heavy atom. The molecular formula is C67H112O6. The maximum atomic E-state index is 12.9. The third kappa shape index (κ3) is 58.8. The van der Waals surface area contributed by atoms with Gasteiger partial charge in [0, 0.05) is 19.3 Å². The fourth-order valence-electron chi connectivity index (χ4n) is 8.20. The molecule has 0 aliphatic heterocycles. The average Bonchev–Trinajstić information content (AvgIpc) is 3.39. The maximum Gasteiger partial charge on any atom is 0.306 e. The smallest absolute Gasteiger partial charge is 0.306 e. The molecule has 6 heteroatoms. The first kappa shape index (κ1) is 69.1. The van der Waals surface area contributed by atoms with E-state index in [1.807, 2.05) is 0 Å². The van der Waals surface area contributed by atoms with E-state index in [9.17, 15) is 14.4 Å². The highest BCUT2D eigenvalue weighted by atomic mass is 16.6. The molecule has 0 aromatic carbocycles. The third-order valence-corrected chi connectivity index (χ3v) is 12.8. The van der Waals surface area contributed by atoms with Gasteiger partial charge in [0.15, 0.2) is 6.10 Å². The van der Waals surface area contributed by atoms with E-state index in [-0.39, 0.29) is 31.1 Å². The van der Waals surface area contributed by atoms with Crippen LogP contribution >= 0.6 is 0 Å². The Hall–Kier alpha value is -3.93. The molecule has 0 bridgehead atoms. The van der Waals surface area contributed by atoms with E-state index in [1.54, 1.807) is 0 Å².